The zero-order valence-corrected chi connectivity index (χ0v) is 15.4. The van der Waals surface area contributed by atoms with E-state index in [4.69, 9.17) is 4.98 Å². The van der Waals surface area contributed by atoms with Crippen molar-refractivity contribution in [2.45, 2.75) is 38.1 Å². The molecule has 1 N–H and O–H groups in total. The molecule has 1 aliphatic carbocycles. The van der Waals surface area contributed by atoms with Crippen LogP contribution in [0.15, 0.2) is 66.7 Å². The van der Waals surface area contributed by atoms with E-state index in [1.807, 2.05) is 42.5 Å². The molecule has 3 heteroatoms. The van der Waals surface area contributed by atoms with E-state index in [-0.39, 0.29) is 0 Å². The van der Waals surface area contributed by atoms with Crippen molar-refractivity contribution < 1.29 is 0 Å². The van der Waals surface area contributed by atoms with Crippen LogP contribution in [0.4, 0.5) is 5.82 Å². The quantitative estimate of drug-likeness (QED) is 0.623. The Morgan fingerprint density at radius 3 is 2.11 bits per heavy atom. The summed E-state index contributed by atoms with van der Waals surface area (Å²) >= 11 is 0. The maximum absolute atomic E-state index is 9.92. The fourth-order valence-corrected chi connectivity index (χ4v) is 3.81. The number of rotatable bonds is 4. The standard InChI is InChI=1S/C24H23N3/c25-17-22-21(18-10-4-1-5-11-18)16-23(19-12-6-2-7-13-19)27-24(22)26-20-14-8-3-9-15-20/h1-2,4-7,10-13,16,20H,3,8-9,14-15H2,(H,26,27). The summed E-state index contributed by atoms with van der Waals surface area (Å²) in [5.41, 5.74) is 4.56. The van der Waals surface area contributed by atoms with Crippen LogP contribution < -0.4 is 5.32 Å². The lowest BCUT2D eigenvalue weighted by molar-refractivity contribution is 0.462. The van der Waals surface area contributed by atoms with Crippen molar-refractivity contribution in [2.75, 3.05) is 5.32 Å². The molecule has 3 aromatic rings. The number of pyridine rings is 1. The van der Waals surface area contributed by atoms with Gasteiger partial charge in [0.2, 0.25) is 0 Å². The Bertz CT molecular complexity index is 937. The van der Waals surface area contributed by atoms with Gasteiger partial charge in [-0.1, -0.05) is 79.9 Å². The summed E-state index contributed by atoms with van der Waals surface area (Å²) in [6.07, 6.45) is 6.06. The molecule has 0 unspecified atom stereocenters. The molecular formula is C24H23N3. The van der Waals surface area contributed by atoms with E-state index in [0.717, 1.165) is 35.2 Å². The minimum Gasteiger partial charge on any atom is -0.366 e. The van der Waals surface area contributed by atoms with Gasteiger partial charge in [-0.2, -0.15) is 5.26 Å². The highest BCUT2D eigenvalue weighted by Crippen LogP contribution is 2.33. The van der Waals surface area contributed by atoms with Gasteiger partial charge in [-0.3, -0.25) is 0 Å². The van der Waals surface area contributed by atoms with Crippen molar-refractivity contribution in [1.29, 1.82) is 5.26 Å². The molecule has 0 atom stereocenters. The largest absolute Gasteiger partial charge is 0.366 e. The van der Waals surface area contributed by atoms with Crippen LogP contribution in [-0.4, -0.2) is 11.0 Å². The van der Waals surface area contributed by atoms with E-state index >= 15 is 0 Å². The SMILES string of the molecule is N#Cc1c(-c2ccccc2)cc(-c2ccccc2)nc1NC1CCCCC1. The average Bonchev–Trinajstić information content (AvgIpc) is 2.75. The van der Waals surface area contributed by atoms with Crippen LogP contribution >= 0.6 is 0 Å². The van der Waals surface area contributed by atoms with E-state index in [0.29, 0.717) is 17.4 Å². The van der Waals surface area contributed by atoms with Crippen molar-refractivity contribution in [2.24, 2.45) is 0 Å². The van der Waals surface area contributed by atoms with Crippen LogP contribution in [0.25, 0.3) is 22.4 Å². The second-order valence-electron chi connectivity index (χ2n) is 7.10. The Morgan fingerprint density at radius 1 is 0.852 bits per heavy atom. The lowest BCUT2D eigenvalue weighted by Crippen LogP contribution is -2.23. The van der Waals surface area contributed by atoms with E-state index in [9.17, 15) is 5.26 Å². The maximum Gasteiger partial charge on any atom is 0.145 e. The number of hydrogen-bond donors (Lipinski definition) is 1. The average molecular weight is 353 g/mol. The van der Waals surface area contributed by atoms with Crippen LogP contribution in [0.5, 0.6) is 0 Å². The van der Waals surface area contributed by atoms with Crippen molar-refractivity contribution in [3.63, 3.8) is 0 Å². The first-order valence-electron chi connectivity index (χ1n) is 9.67. The molecule has 27 heavy (non-hydrogen) atoms. The predicted molar refractivity (Wildman–Crippen MR) is 110 cm³/mol. The van der Waals surface area contributed by atoms with Crippen LogP contribution in [0, 0.1) is 11.3 Å². The molecule has 0 amide bonds. The van der Waals surface area contributed by atoms with Crippen molar-refractivity contribution in [3.05, 3.63) is 72.3 Å². The summed E-state index contributed by atoms with van der Waals surface area (Å²) in [7, 11) is 0. The molecule has 1 aromatic heterocycles. The first-order valence-corrected chi connectivity index (χ1v) is 9.67. The molecule has 2 aromatic carbocycles. The molecule has 134 valence electrons. The monoisotopic (exact) mass is 353 g/mol. The van der Waals surface area contributed by atoms with Crippen molar-refractivity contribution in [3.8, 4) is 28.5 Å². The Hall–Kier alpha value is -3.12. The van der Waals surface area contributed by atoms with Crippen LogP contribution in [0.2, 0.25) is 0 Å². The lowest BCUT2D eigenvalue weighted by atomic mass is 9.94. The number of nitrogens with zero attached hydrogens (tertiary/aromatic N) is 2. The van der Waals surface area contributed by atoms with Gasteiger partial charge in [-0.05, 0) is 24.5 Å². The fraction of sp³-hybridized carbons (Fsp3) is 0.250. The summed E-state index contributed by atoms with van der Waals surface area (Å²) in [6.45, 7) is 0. The highest BCUT2D eigenvalue weighted by Gasteiger charge is 2.19. The van der Waals surface area contributed by atoms with Crippen molar-refractivity contribution >= 4 is 5.82 Å². The van der Waals surface area contributed by atoms with Gasteiger partial charge in [0, 0.05) is 17.2 Å². The van der Waals surface area contributed by atoms with Gasteiger partial charge in [0.25, 0.3) is 0 Å². The predicted octanol–water partition coefficient (Wildman–Crippen LogP) is 6.03. The normalized spacial score (nSPS) is 14.5. The summed E-state index contributed by atoms with van der Waals surface area (Å²) in [5, 5.41) is 13.5. The second-order valence-corrected chi connectivity index (χ2v) is 7.10. The third kappa shape index (κ3) is 3.85. The van der Waals surface area contributed by atoms with E-state index in [2.05, 4.69) is 35.7 Å². The summed E-state index contributed by atoms with van der Waals surface area (Å²) in [5.74, 6) is 0.713. The van der Waals surface area contributed by atoms with Crippen LogP contribution in [0.3, 0.4) is 0 Å². The first-order chi connectivity index (χ1) is 13.3. The molecule has 4 rings (SSSR count). The lowest BCUT2D eigenvalue weighted by Gasteiger charge is -2.24. The van der Waals surface area contributed by atoms with Crippen LogP contribution in [0.1, 0.15) is 37.7 Å². The van der Waals surface area contributed by atoms with Gasteiger partial charge >= 0.3 is 0 Å². The van der Waals surface area contributed by atoms with Crippen LogP contribution in [-0.2, 0) is 0 Å². The molecule has 1 aliphatic rings. The smallest absolute Gasteiger partial charge is 0.145 e. The Kier molecular flexibility index (Phi) is 5.16. The van der Waals surface area contributed by atoms with Gasteiger partial charge in [0.15, 0.2) is 0 Å². The third-order valence-electron chi connectivity index (χ3n) is 5.23. The van der Waals surface area contributed by atoms with Gasteiger partial charge in [0.1, 0.15) is 17.5 Å². The Balaban J connectivity index is 1.84. The summed E-state index contributed by atoms with van der Waals surface area (Å²) < 4.78 is 0. The molecule has 1 fully saturated rings. The summed E-state index contributed by atoms with van der Waals surface area (Å²) in [6, 6.07) is 25.1. The molecule has 1 heterocycles. The number of aromatic nitrogens is 1. The minimum absolute atomic E-state index is 0.396. The maximum atomic E-state index is 9.92. The van der Waals surface area contributed by atoms with Crippen molar-refractivity contribution in [1.82, 2.24) is 4.98 Å². The minimum atomic E-state index is 0.396. The summed E-state index contributed by atoms with van der Waals surface area (Å²) in [4.78, 5) is 4.86. The Morgan fingerprint density at radius 2 is 1.48 bits per heavy atom. The fourth-order valence-electron chi connectivity index (χ4n) is 3.81. The third-order valence-corrected chi connectivity index (χ3v) is 5.23. The molecule has 0 radical (unpaired) electrons. The van der Waals surface area contributed by atoms with Gasteiger partial charge < -0.3 is 5.32 Å². The highest BCUT2D eigenvalue weighted by atomic mass is 15.0. The van der Waals surface area contributed by atoms with Gasteiger partial charge in [-0.15, -0.1) is 0 Å². The molecule has 1 saturated carbocycles. The molecule has 0 spiro atoms. The molecule has 0 bridgehead atoms. The first kappa shape index (κ1) is 17.3. The molecule has 0 saturated heterocycles. The number of nitrogens with one attached hydrogen (secondary N) is 1. The number of nitriles is 1. The zero-order valence-electron chi connectivity index (χ0n) is 15.4. The molecule has 3 nitrogen and oxygen atoms in total. The number of hydrogen-bond acceptors (Lipinski definition) is 3. The zero-order chi connectivity index (χ0) is 18.5. The number of benzene rings is 2. The highest BCUT2D eigenvalue weighted by molar-refractivity contribution is 5.80. The molecule has 0 aliphatic heterocycles. The van der Waals surface area contributed by atoms with E-state index in [1.165, 1.54) is 19.3 Å². The Labute approximate surface area is 160 Å². The topological polar surface area (TPSA) is 48.7 Å². The van der Waals surface area contributed by atoms with E-state index in [1.54, 1.807) is 0 Å². The van der Waals surface area contributed by atoms with E-state index < -0.39 is 0 Å². The molecular weight excluding hydrogens is 330 g/mol. The van der Waals surface area contributed by atoms with Gasteiger partial charge in [0.05, 0.1) is 5.69 Å². The number of anilines is 1. The second kappa shape index (κ2) is 8.05. The van der Waals surface area contributed by atoms with Gasteiger partial charge in [-0.25, -0.2) is 4.98 Å².